The second-order valence-corrected chi connectivity index (χ2v) is 2.80. The van der Waals surface area contributed by atoms with Crippen LogP contribution in [0.15, 0.2) is 18.3 Å². The van der Waals surface area contributed by atoms with Crippen LogP contribution in [-0.2, 0) is 0 Å². The Bertz CT molecular complexity index is 245. The van der Waals surface area contributed by atoms with Crippen molar-refractivity contribution >= 4 is 0 Å². The molecule has 0 aliphatic heterocycles. The summed E-state index contributed by atoms with van der Waals surface area (Å²) in [6, 6.07) is 3.85. The van der Waals surface area contributed by atoms with E-state index < -0.39 is 6.10 Å². The maximum absolute atomic E-state index is 9.24. The summed E-state index contributed by atoms with van der Waals surface area (Å²) < 4.78 is 0. The fourth-order valence-electron chi connectivity index (χ4n) is 1.06. The quantitative estimate of drug-likeness (QED) is 0.742. The second-order valence-electron chi connectivity index (χ2n) is 2.80. The predicted octanol–water partition coefficient (Wildman–Crippen LogP) is 2.10. The van der Waals surface area contributed by atoms with Crippen molar-refractivity contribution in [3.05, 3.63) is 36.0 Å². The van der Waals surface area contributed by atoms with E-state index in [2.05, 4.69) is 18.3 Å². The van der Waals surface area contributed by atoms with E-state index in [9.17, 15) is 5.11 Å². The SMILES string of the molecule is CC[CH]c1ccnc([C@H](C)O)c1. The van der Waals surface area contributed by atoms with Gasteiger partial charge in [-0.05, 0) is 37.5 Å². The van der Waals surface area contributed by atoms with Crippen LogP contribution in [-0.4, -0.2) is 10.1 Å². The third-order valence-electron chi connectivity index (χ3n) is 1.67. The van der Waals surface area contributed by atoms with Crippen molar-refractivity contribution in [2.24, 2.45) is 0 Å². The molecule has 0 saturated heterocycles. The lowest BCUT2D eigenvalue weighted by Gasteiger charge is -2.04. The van der Waals surface area contributed by atoms with Crippen molar-refractivity contribution in [1.82, 2.24) is 4.98 Å². The highest BCUT2D eigenvalue weighted by molar-refractivity contribution is 5.24. The molecule has 0 unspecified atom stereocenters. The number of aromatic nitrogens is 1. The average Bonchev–Trinajstić information content (AvgIpc) is 2.05. The molecule has 0 aliphatic carbocycles. The Morgan fingerprint density at radius 2 is 2.42 bits per heavy atom. The first-order valence-corrected chi connectivity index (χ1v) is 4.21. The summed E-state index contributed by atoms with van der Waals surface area (Å²) in [5, 5.41) is 9.24. The van der Waals surface area contributed by atoms with Crippen LogP contribution >= 0.6 is 0 Å². The van der Waals surface area contributed by atoms with Crippen molar-refractivity contribution in [1.29, 1.82) is 0 Å². The van der Waals surface area contributed by atoms with Crippen LogP contribution in [0.3, 0.4) is 0 Å². The van der Waals surface area contributed by atoms with Crippen molar-refractivity contribution in [2.75, 3.05) is 0 Å². The number of aliphatic hydroxyl groups is 1. The fourth-order valence-corrected chi connectivity index (χ4v) is 1.06. The largest absolute Gasteiger partial charge is 0.387 e. The van der Waals surface area contributed by atoms with E-state index in [1.54, 1.807) is 13.1 Å². The molecule has 2 nitrogen and oxygen atoms in total. The molecular weight excluding hydrogens is 150 g/mol. The Kier molecular flexibility index (Phi) is 3.23. The van der Waals surface area contributed by atoms with E-state index in [1.807, 2.05) is 12.1 Å². The second kappa shape index (κ2) is 4.21. The van der Waals surface area contributed by atoms with Crippen molar-refractivity contribution in [3.63, 3.8) is 0 Å². The summed E-state index contributed by atoms with van der Waals surface area (Å²) in [6.45, 7) is 3.81. The minimum Gasteiger partial charge on any atom is -0.387 e. The van der Waals surface area contributed by atoms with Crippen LogP contribution in [0.2, 0.25) is 0 Å². The van der Waals surface area contributed by atoms with Gasteiger partial charge >= 0.3 is 0 Å². The average molecular weight is 164 g/mol. The minimum absolute atomic E-state index is 0.477. The maximum Gasteiger partial charge on any atom is 0.0931 e. The van der Waals surface area contributed by atoms with E-state index in [-0.39, 0.29) is 0 Å². The van der Waals surface area contributed by atoms with Gasteiger partial charge in [0.2, 0.25) is 0 Å². The first-order chi connectivity index (χ1) is 5.74. The first kappa shape index (κ1) is 9.20. The fraction of sp³-hybridized carbons (Fsp3) is 0.400. The molecule has 0 aromatic carbocycles. The molecule has 1 aromatic rings. The van der Waals surface area contributed by atoms with Gasteiger partial charge in [0.1, 0.15) is 0 Å². The Labute approximate surface area is 73.3 Å². The summed E-state index contributed by atoms with van der Waals surface area (Å²) in [7, 11) is 0. The first-order valence-electron chi connectivity index (χ1n) is 4.21. The van der Waals surface area contributed by atoms with Gasteiger partial charge in [0, 0.05) is 6.20 Å². The van der Waals surface area contributed by atoms with E-state index in [4.69, 9.17) is 0 Å². The lowest BCUT2D eigenvalue weighted by molar-refractivity contribution is 0.194. The van der Waals surface area contributed by atoms with Gasteiger partial charge in [-0.3, -0.25) is 4.98 Å². The zero-order chi connectivity index (χ0) is 8.97. The summed E-state index contributed by atoms with van der Waals surface area (Å²) in [6.07, 6.45) is 4.36. The molecular formula is C10H14NO. The Hall–Kier alpha value is -0.890. The molecule has 1 aromatic heterocycles. The highest BCUT2D eigenvalue weighted by Gasteiger charge is 2.02. The molecule has 1 atom stereocenters. The third-order valence-corrected chi connectivity index (χ3v) is 1.67. The van der Waals surface area contributed by atoms with Crippen molar-refractivity contribution < 1.29 is 5.11 Å². The van der Waals surface area contributed by atoms with Crippen LogP contribution < -0.4 is 0 Å². The van der Waals surface area contributed by atoms with Gasteiger partial charge in [-0.15, -0.1) is 0 Å². The predicted molar refractivity (Wildman–Crippen MR) is 48.6 cm³/mol. The number of nitrogens with zero attached hydrogens (tertiary/aromatic N) is 1. The summed E-state index contributed by atoms with van der Waals surface area (Å²) in [4.78, 5) is 4.05. The van der Waals surface area contributed by atoms with Crippen LogP contribution in [0.1, 0.15) is 37.6 Å². The van der Waals surface area contributed by atoms with Crippen LogP contribution in [0.25, 0.3) is 0 Å². The molecule has 0 fully saturated rings. The van der Waals surface area contributed by atoms with Crippen LogP contribution in [0.4, 0.5) is 0 Å². The van der Waals surface area contributed by atoms with E-state index in [0.29, 0.717) is 0 Å². The number of hydrogen-bond acceptors (Lipinski definition) is 2. The molecule has 0 bridgehead atoms. The molecule has 0 amide bonds. The molecule has 1 rings (SSSR count). The summed E-state index contributed by atoms with van der Waals surface area (Å²) >= 11 is 0. The van der Waals surface area contributed by atoms with Crippen LogP contribution in [0.5, 0.6) is 0 Å². The molecule has 0 saturated carbocycles. The van der Waals surface area contributed by atoms with Gasteiger partial charge in [0.25, 0.3) is 0 Å². The molecule has 1 radical (unpaired) electrons. The summed E-state index contributed by atoms with van der Waals surface area (Å²) in [5.41, 5.74) is 1.86. The highest BCUT2D eigenvalue weighted by atomic mass is 16.3. The van der Waals surface area contributed by atoms with Gasteiger partial charge in [-0.25, -0.2) is 0 Å². The minimum atomic E-state index is -0.477. The topological polar surface area (TPSA) is 33.1 Å². The van der Waals surface area contributed by atoms with E-state index in [0.717, 1.165) is 17.7 Å². The molecule has 1 N–H and O–H groups in total. The monoisotopic (exact) mass is 164 g/mol. The van der Waals surface area contributed by atoms with Gasteiger partial charge < -0.3 is 5.11 Å². The zero-order valence-corrected chi connectivity index (χ0v) is 7.49. The standard InChI is InChI=1S/C10H14NO/c1-3-4-9-5-6-11-10(7-9)8(2)12/h4-8,12H,3H2,1-2H3/t8-/m0/s1. The van der Waals surface area contributed by atoms with Crippen molar-refractivity contribution in [3.8, 4) is 0 Å². The van der Waals surface area contributed by atoms with Gasteiger partial charge in [-0.2, -0.15) is 0 Å². The Morgan fingerprint density at radius 3 is 3.00 bits per heavy atom. The zero-order valence-electron chi connectivity index (χ0n) is 7.49. The third kappa shape index (κ3) is 2.31. The number of pyridine rings is 1. The molecule has 0 spiro atoms. The van der Waals surface area contributed by atoms with Crippen LogP contribution in [0, 0.1) is 6.42 Å². The van der Waals surface area contributed by atoms with Gasteiger partial charge in [0.15, 0.2) is 0 Å². The number of rotatable bonds is 3. The maximum atomic E-state index is 9.24. The molecule has 65 valence electrons. The summed E-state index contributed by atoms with van der Waals surface area (Å²) in [5.74, 6) is 0. The molecule has 1 heterocycles. The van der Waals surface area contributed by atoms with E-state index in [1.165, 1.54) is 0 Å². The highest BCUT2D eigenvalue weighted by Crippen LogP contribution is 2.12. The number of hydrogen-bond donors (Lipinski definition) is 1. The Morgan fingerprint density at radius 1 is 1.67 bits per heavy atom. The van der Waals surface area contributed by atoms with Crippen molar-refractivity contribution in [2.45, 2.75) is 26.4 Å². The smallest absolute Gasteiger partial charge is 0.0931 e. The van der Waals surface area contributed by atoms with E-state index >= 15 is 0 Å². The lowest BCUT2D eigenvalue weighted by Crippen LogP contribution is -1.95. The van der Waals surface area contributed by atoms with Gasteiger partial charge in [0.05, 0.1) is 11.8 Å². The Balaban J connectivity index is 2.81. The molecule has 0 aliphatic rings. The molecule has 12 heavy (non-hydrogen) atoms. The molecule has 2 heteroatoms. The normalized spacial score (nSPS) is 12.9. The lowest BCUT2D eigenvalue weighted by atomic mass is 10.1. The number of aliphatic hydroxyl groups excluding tert-OH is 1. The van der Waals surface area contributed by atoms with Gasteiger partial charge in [-0.1, -0.05) is 6.92 Å².